The van der Waals surface area contributed by atoms with Crippen molar-refractivity contribution in [2.24, 2.45) is 0 Å². The first kappa shape index (κ1) is 12.5. The molecule has 8 heteroatoms. The van der Waals surface area contributed by atoms with Crippen molar-refractivity contribution in [3.05, 3.63) is 36.6 Å². The minimum Gasteiger partial charge on any atom is -0.446 e. The second kappa shape index (κ2) is 5.15. The molecule has 7 nitrogen and oxygen atoms in total. The third-order valence-corrected chi connectivity index (χ3v) is 3.32. The van der Waals surface area contributed by atoms with Crippen LogP contribution in [-0.4, -0.2) is 25.4 Å². The quantitative estimate of drug-likeness (QED) is 0.823. The number of hydrogen-bond acceptors (Lipinski definition) is 6. The summed E-state index contributed by atoms with van der Waals surface area (Å²) in [5.74, 6) is 0.544. The Labute approximate surface area is 104 Å². The van der Waals surface area contributed by atoms with Crippen LogP contribution < -0.4 is 10.0 Å². The van der Waals surface area contributed by atoms with Crippen molar-refractivity contribution in [1.29, 1.82) is 0 Å². The van der Waals surface area contributed by atoms with E-state index in [4.69, 9.17) is 4.42 Å². The minimum absolute atomic E-state index is 0.142. The van der Waals surface area contributed by atoms with E-state index in [-0.39, 0.29) is 10.8 Å². The molecule has 0 atom stereocenters. The van der Waals surface area contributed by atoms with Crippen LogP contribution in [0.5, 0.6) is 0 Å². The fourth-order valence-corrected chi connectivity index (χ4v) is 2.31. The van der Waals surface area contributed by atoms with E-state index in [2.05, 4.69) is 20.0 Å². The van der Waals surface area contributed by atoms with Gasteiger partial charge in [-0.1, -0.05) is 0 Å². The Balaban J connectivity index is 2.20. The largest absolute Gasteiger partial charge is 0.446 e. The molecule has 0 spiro atoms. The molecule has 2 aromatic rings. The number of rotatable bonds is 5. The number of hydrogen-bond donors (Lipinski definition) is 2. The molecule has 0 bridgehead atoms. The van der Waals surface area contributed by atoms with E-state index in [0.717, 1.165) is 0 Å². The van der Waals surface area contributed by atoms with E-state index in [9.17, 15) is 8.42 Å². The maximum atomic E-state index is 11.9. The summed E-state index contributed by atoms with van der Waals surface area (Å²) in [6, 6.07) is 3.01. The van der Waals surface area contributed by atoms with Gasteiger partial charge in [0.05, 0.1) is 24.6 Å². The van der Waals surface area contributed by atoms with Crippen LogP contribution in [0.1, 0.15) is 5.76 Å². The molecule has 0 aliphatic heterocycles. The summed E-state index contributed by atoms with van der Waals surface area (Å²) in [6.07, 6.45) is 4.04. The van der Waals surface area contributed by atoms with E-state index < -0.39 is 10.0 Å². The smallest absolute Gasteiger partial charge is 0.295 e. The summed E-state index contributed by atoms with van der Waals surface area (Å²) >= 11 is 0. The highest BCUT2D eigenvalue weighted by atomic mass is 32.2. The maximum Gasteiger partial charge on any atom is 0.295 e. The molecular formula is C10H12N4O3S. The normalized spacial score (nSPS) is 11.4. The summed E-state index contributed by atoms with van der Waals surface area (Å²) in [5.41, 5.74) is 0.282. The molecule has 2 heterocycles. The van der Waals surface area contributed by atoms with Crippen LogP contribution in [0.25, 0.3) is 0 Å². The zero-order valence-corrected chi connectivity index (χ0v) is 10.4. The monoisotopic (exact) mass is 268 g/mol. The third kappa shape index (κ3) is 2.84. The van der Waals surface area contributed by atoms with Crippen LogP contribution in [0.15, 0.2) is 40.4 Å². The van der Waals surface area contributed by atoms with Crippen LogP contribution in [0.4, 0.5) is 5.69 Å². The zero-order chi connectivity index (χ0) is 13.0. The van der Waals surface area contributed by atoms with Crippen LogP contribution >= 0.6 is 0 Å². The fourth-order valence-electron chi connectivity index (χ4n) is 1.33. The van der Waals surface area contributed by atoms with Crippen LogP contribution in [0.3, 0.4) is 0 Å². The lowest BCUT2D eigenvalue weighted by molar-refractivity contribution is 0.408. The lowest BCUT2D eigenvalue weighted by Crippen LogP contribution is -2.12. The second-order valence-electron chi connectivity index (χ2n) is 3.48. The average Bonchev–Trinajstić information content (AvgIpc) is 2.80. The van der Waals surface area contributed by atoms with Crippen molar-refractivity contribution >= 4 is 15.7 Å². The number of anilines is 1. The van der Waals surface area contributed by atoms with E-state index >= 15 is 0 Å². The Morgan fingerprint density at radius 1 is 1.28 bits per heavy atom. The first-order valence-corrected chi connectivity index (χ1v) is 6.61. The number of furan rings is 1. The number of aromatic nitrogens is 2. The molecule has 2 N–H and O–H groups in total. The Hall–Kier alpha value is -1.93. The topological polar surface area (TPSA) is 97.1 Å². The van der Waals surface area contributed by atoms with Gasteiger partial charge in [-0.15, -0.1) is 0 Å². The maximum absolute atomic E-state index is 11.9. The lowest BCUT2D eigenvalue weighted by atomic mass is 10.4. The number of sulfonamides is 1. The highest BCUT2D eigenvalue weighted by Crippen LogP contribution is 2.17. The SMILES string of the molecule is CNCc1ccc(S(=O)(=O)Nc2cncnc2)o1. The van der Waals surface area contributed by atoms with E-state index in [1.165, 1.54) is 24.8 Å². The van der Waals surface area contributed by atoms with Gasteiger partial charge < -0.3 is 9.73 Å². The summed E-state index contributed by atoms with van der Waals surface area (Å²) in [4.78, 5) is 7.44. The van der Waals surface area contributed by atoms with Crippen molar-refractivity contribution in [3.8, 4) is 0 Å². The van der Waals surface area contributed by atoms with Crippen LogP contribution in [0.2, 0.25) is 0 Å². The first-order chi connectivity index (χ1) is 8.62. The van der Waals surface area contributed by atoms with E-state index in [1.54, 1.807) is 13.1 Å². The molecule has 96 valence electrons. The highest BCUT2D eigenvalue weighted by Gasteiger charge is 2.18. The van der Waals surface area contributed by atoms with Gasteiger partial charge in [0.1, 0.15) is 12.1 Å². The van der Waals surface area contributed by atoms with Gasteiger partial charge in [-0.05, 0) is 19.2 Å². The van der Waals surface area contributed by atoms with Crippen molar-refractivity contribution in [2.45, 2.75) is 11.6 Å². The van der Waals surface area contributed by atoms with Gasteiger partial charge in [0.2, 0.25) is 5.09 Å². The van der Waals surface area contributed by atoms with Gasteiger partial charge in [0.25, 0.3) is 10.0 Å². The Morgan fingerprint density at radius 2 is 2.00 bits per heavy atom. The minimum atomic E-state index is -3.74. The van der Waals surface area contributed by atoms with Gasteiger partial charge in [0, 0.05) is 0 Å². The third-order valence-electron chi connectivity index (χ3n) is 2.07. The van der Waals surface area contributed by atoms with Gasteiger partial charge >= 0.3 is 0 Å². The van der Waals surface area contributed by atoms with Crippen molar-refractivity contribution in [2.75, 3.05) is 11.8 Å². The van der Waals surface area contributed by atoms with E-state index in [0.29, 0.717) is 12.3 Å². The average molecular weight is 268 g/mol. The predicted octanol–water partition coefficient (Wildman–Crippen LogP) is 0.590. The van der Waals surface area contributed by atoms with Crippen LogP contribution in [-0.2, 0) is 16.6 Å². The lowest BCUT2D eigenvalue weighted by Gasteiger charge is -2.03. The summed E-state index contributed by atoms with van der Waals surface area (Å²) in [6.45, 7) is 0.462. The Bertz CT molecular complexity index is 609. The second-order valence-corrected chi connectivity index (χ2v) is 5.10. The summed E-state index contributed by atoms with van der Waals surface area (Å²) in [7, 11) is -1.99. The van der Waals surface area contributed by atoms with E-state index in [1.807, 2.05) is 0 Å². The molecule has 0 aliphatic rings. The zero-order valence-electron chi connectivity index (χ0n) is 9.62. The van der Waals surface area contributed by atoms with Gasteiger partial charge in [-0.2, -0.15) is 8.42 Å². The van der Waals surface area contributed by atoms with Gasteiger partial charge in [-0.25, -0.2) is 9.97 Å². The molecule has 2 aromatic heterocycles. The molecule has 0 fully saturated rings. The molecule has 0 unspecified atom stereocenters. The first-order valence-electron chi connectivity index (χ1n) is 5.13. The number of nitrogens with zero attached hydrogens (tertiary/aromatic N) is 2. The standard InChI is InChI=1S/C10H12N4O3S/c1-11-6-9-2-3-10(17-9)18(15,16)14-8-4-12-7-13-5-8/h2-5,7,11,14H,6H2,1H3. The van der Waals surface area contributed by atoms with Crippen LogP contribution in [0, 0.1) is 0 Å². The van der Waals surface area contributed by atoms with Crippen molar-refractivity contribution < 1.29 is 12.8 Å². The van der Waals surface area contributed by atoms with Gasteiger partial charge in [-0.3, -0.25) is 4.72 Å². The Morgan fingerprint density at radius 3 is 2.67 bits per heavy atom. The Kier molecular flexibility index (Phi) is 3.58. The molecule has 18 heavy (non-hydrogen) atoms. The molecule has 2 rings (SSSR count). The molecular weight excluding hydrogens is 256 g/mol. The summed E-state index contributed by atoms with van der Waals surface area (Å²) < 4.78 is 31.4. The fraction of sp³-hybridized carbons (Fsp3) is 0.200. The molecule has 0 aromatic carbocycles. The van der Waals surface area contributed by atoms with Crippen molar-refractivity contribution in [1.82, 2.24) is 15.3 Å². The predicted molar refractivity (Wildman–Crippen MR) is 64.3 cm³/mol. The van der Waals surface area contributed by atoms with Gasteiger partial charge in [0.15, 0.2) is 0 Å². The molecule has 0 saturated heterocycles. The molecule has 0 radical (unpaired) electrons. The van der Waals surface area contributed by atoms with Crippen molar-refractivity contribution in [3.63, 3.8) is 0 Å². The molecule has 0 amide bonds. The number of nitrogens with one attached hydrogen (secondary N) is 2. The molecule has 0 aliphatic carbocycles. The summed E-state index contributed by atoms with van der Waals surface area (Å²) in [5, 5.41) is 2.73. The molecule has 0 saturated carbocycles. The highest BCUT2D eigenvalue weighted by molar-refractivity contribution is 7.92.